The number of benzene rings is 1. The van der Waals surface area contributed by atoms with Gasteiger partial charge in [0.2, 0.25) is 5.91 Å². The fourth-order valence-electron chi connectivity index (χ4n) is 4.92. The fraction of sp³-hybridized carbons (Fsp3) is 0.348. The van der Waals surface area contributed by atoms with Crippen LogP contribution in [0, 0.1) is 40.8 Å². The van der Waals surface area contributed by atoms with Crippen molar-refractivity contribution in [2.75, 3.05) is 5.32 Å². The van der Waals surface area contributed by atoms with E-state index >= 15 is 0 Å². The minimum absolute atomic E-state index is 0.0553. The van der Waals surface area contributed by atoms with Gasteiger partial charge in [0.15, 0.2) is 11.5 Å². The largest absolute Gasteiger partial charge is 0.490 e. The van der Waals surface area contributed by atoms with Crippen molar-refractivity contribution in [2.24, 2.45) is 23.7 Å². The van der Waals surface area contributed by atoms with Gasteiger partial charge in [-0.15, -0.1) is 0 Å². The van der Waals surface area contributed by atoms with Gasteiger partial charge in [-0.25, -0.2) is 14.4 Å². The van der Waals surface area contributed by atoms with Gasteiger partial charge in [-0.2, -0.15) is 5.26 Å². The molecule has 31 heavy (non-hydrogen) atoms. The van der Waals surface area contributed by atoms with Gasteiger partial charge >= 0.3 is 0 Å². The average molecular weight is 417 g/mol. The summed E-state index contributed by atoms with van der Waals surface area (Å²) in [6.45, 7) is 1.93. The van der Waals surface area contributed by atoms with Gasteiger partial charge in [0.05, 0.1) is 24.0 Å². The van der Waals surface area contributed by atoms with Crippen molar-refractivity contribution in [1.29, 1.82) is 5.26 Å². The number of nitrogens with zero attached hydrogens (tertiary/aromatic N) is 4. The molecule has 1 aromatic carbocycles. The number of fused-ring (bicyclic) bond motifs is 2. The molecule has 156 valence electrons. The molecule has 8 heteroatoms. The Bertz CT molecular complexity index is 1180. The van der Waals surface area contributed by atoms with Crippen LogP contribution in [0.2, 0.25) is 0 Å². The average Bonchev–Trinajstić information content (AvgIpc) is 3.28. The highest BCUT2D eigenvalue weighted by Gasteiger charge is 2.59. The van der Waals surface area contributed by atoms with E-state index in [1.54, 1.807) is 18.3 Å². The van der Waals surface area contributed by atoms with Crippen molar-refractivity contribution in [3.63, 3.8) is 0 Å². The van der Waals surface area contributed by atoms with Crippen LogP contribution >= 0.6 is 0 Å². The molecular weight excluding hydrogens is 397 g/mol. The Morgan fingerprint density at radius 1 is 1.23 bits per heavy atom. The van der Waals surface area contributed by atoms with Gasteiger partial charge in [0.25, 0.3) is 0 Å². The van der Waals surface area contributed by atoms with E-state index in [0.29, 0.717) is 40.2 Å². The summed E-state index contributed by atoms with van der Waals surface area (Å²) in [7, 11) is 0. The first-order valence-corrected chi connectivity index (χ1v) is 10.3. The predicted molar refractivity (Wildman–Crippen MR) is 110 cm³/mol. The zero-order chi connectivity index (χ0) is 21.5. The van der Waals surface area contributed by atoms with Crippen LogP contribution in [0.4, 0.5) is 10.2 Å². The first-order chi connectivity index (χ1) is 15.0. The van der Waals surface area contributed by atoms with Crippen molar-refractivity contribution in [2.45, 2.75) is 25.9 Å². The normalized spacial score (nSPS) is 24.8. The molecule has 1 N–H and O–H groups in total. The molecule has 2 fully saturated rings. The van der Waals surface area contributed by atoms with E-state index in [9.17, 15) is 9.18 Å². The number of halogens is 1. The van der Waals surface area contributed by atoms with Gasteiger partial charge in [-0.1, -0.05) is 6.92 Å². The molecule has 0 aliphatic heterocycles. The number of carbonyl (C=O) groups is 1. The van der Waals surface area contributed by atoms with Gasteiger partial charge in [0.1, 0.15) is 17.6 Å². The van der Waals surface area contributed by atoms with Crippen molar-refractivity contribution < 1.29 is 13.9 Å². The number of hydrogen-bond acceptors (Lipinski definition) is 6. The second-order valence-electron chi connectivity index (χ2n) is 8.26. The van der Waals surface area contributed by atoms with Gasteiger partial charge in [0, 0.05) is 17.5 Å². The second-order valence-corrected chi connectivity index (χ2v) is 8.26. The third-order valence-electron chi connectivity index (χ3n) is 6.43. The van der Waals surface area contributed by atoms with Gasteiger partial charge < -0.3 is 10.1 Å². The highest BCUT2D eigenvalue weighted by molar-refractivity contribution is 5.91. The quantitative estimate of drug-likeness (QED) is 0.679. The predicted octanol–water partition coefficient (Wildman–Crippen LogP) is 3.71. The number of hydrogen-bond donors (Lipinski definition) is 1. The summed E-state index contributed by atoms with van der Waals surface area (Å²) in [5.74, 6) is 1.66. The Balaban J connectivity index is 1.19. The molecule has 1 amide bonds. The van der Waals surface area contributed by atoms with E-state index in [-0.39, 0.29) is 29.4 Å². The van der Waals surface area contributed by atoms with Gasteiger partial charge in [-0.05, 0) is 54.9 Å². The lowest BCUT2D eigenvalue weighted by atomic mass is 9.97. The minimum Gasteiger partial charge on any atom is -0.490 e. The first-order valence-electron chi connectivity index (χ1n) is 10.3. The number of anilines is 1. The van der Waals surface area contributed by atoms with E-state index in [4.69, 9.17) is 10.00 Å². The number of carbonyl (C=O) groups excluding carboxylic acids is 1. The van der Waals surface area contributed by atoms with E-state index < -0.39 is 0 Å². The highest BCUT2D eigenvalue weighted by atomic mass is 19.1. The lowest BCUT2D eigenvalue weighted by Gasteiger charge is -2.20. The summed E-state index contributed by atoms with van der Waals surface area (Å²) >= 11 is 0. The van der Waals surface area contributed by atoms with Crippen LogP contribution in [0.25, 0.3) is 10.9 Å². The Hall–Kier alpha value is -3.60. The first kappa shape index (κ1) is 19.4. The van der Waals surface area contributed by atoms with Crippen LogP contribution in [0.3, 0.4) is 0 Å². The highest BCUT2D eigenvalue weighted by Crippen LogP contribution is 2.61. The summed E-state index contributed by atoms with van der Waals surface area (Å²) in [5, 5.41) is 12.2. The Morgan fingerprint density at radius 2 is 2.03 bits per heavy atom. The molecule has 0 spiro atoms. The number of nitrogens with one attached hydrogen (secondary N) is 1. The molecule has 0 radical (unpaired) electrons. The number of pyridine rings is 1. The summed E-state index contributed by atoms with van der Waals surface area (Å²) in [4.78, 5) is 24.8. The summed E-state index contributed by atoms with van der Waals surface area (Å²) in [6, 6.07) is 8.17. The number of ether oxygens (including phenoxy) is 1. The molecule has 7 nitrogen and oxygen atoms in total. The van der Waals surface area contributed by atoms with Crippen LogP contribution in [0.1, 0.15) is 25.5 Å². The number of rotatable bonds is 5. The molecule has 3 aromatic rings. The van der Waals surface area contributed by atoms with Crippen LogP contribution in [-0.4, -0.2) is 27.0 Å². The van der Waals surface area contributed by atoms with Crippen molar-refractivity contribution in [1.82, 2.24) is 15.0 Å². The summed E-state index contributed by atoms with van der Waals surface area (Å²) in [5.41, 5.74) is 0.912. The molecule has 2 aromatic heterocycles. The maximum Gasteiger partial charge on any atom is 0.228 e. The van der Waals surface area contributed by atoms with Crippen LogP contribution in [0.5, 0.6) is 5.75 Å². The minimum atomic E-state index is -0.313. The molecule has 2 saturated carbocycles. The van der Waals surface area contributed by atoms with Crippen molar-refractivity contribution in [3.8, 4) is 11.8 Å². The molecular formula is C23H20FN5O2. The zero-order valence-corrected chi connectivity index (χ0v) is 16.8. The van der Waals surface area contributed by atoms with E-state index in [1.165, 1.54) is 24.5 Å². The maximum absolute atomic E-state index is 13.7. The lowest BCUT2D eigenvalue weighted by molar-refractivity contribution is -0.120. The van der Waals surface area contributed by atoms with E-state index in [2.05, 4.69) is 20.3 Å². The van der Waals surface area contributed by atoms with Crippen molar-refractivity contribution >= 4 is 22.6 Å². The third-order valence-corrected chi connectivity index (χ3v) is 6.43. The standard InChI is InChI=1S/C23H20FN5O2/c1-12(23(30)29-21-11-27-14(9-25)10-28-21)22-16-7-15(8-17(16)22)31-20-4-5-26-19-3-2-13(24)6-18(19)20/h2-6,10-12,15-17,22H,7-8H2,1H3,(H,28,29,30). The monoisotopic (exact) mass is 417 g/mol. The Morgan fingerprint density at radius 3 is 2.74 bits per heavy atom. The molecule has 3 unspecified atom stereocenters. The summed E-state index contributed by atoms with van der Waals surface area (Å²) in [6.07, 6.45) is 6.21. The third kappa shape index (κ3) is 3.67. The van der Waals surface area contributed by atoms with Gasteiger partial charge in [-0.3, -0.25) is 9.78 Å². The number of nitriles is 1. The molecule has 3 atom stereocenters. The topological polar surface area (TPSA) is 101 Å². The Labute approximate surface area is 178 Å². The van der Waals surface area contributed by atoms with Crippen LogP contribution < -0.4 is 10.1 Å². The van der Waals surface area contributed by atoms with E-state index in [0.717, 1.165) is 12.8 Å². The molecule has 2 aliphatic rings. The molecule has 2 aliphatic carbocycles. The number of amides is 1. The molecule has 0 bridgehead atoms. The van der Waals surface area contributed by atoms with Crippen molar-refractivity contribution in [3.05, 3.63) is 54.4 Å². The van der Waals surface area contributed by atoms with Crippen LogP contribution in [0.15, 0.2) is 42.9 Å². The lowest BCUT2D eigenvalue weighted by Crippen LogP contribution is -2.26. The Kier molecular flexibility index (Phi) is 4.74. The number of aromatic nitrogens is 3. The molecule has 2 heterocycles. The fourth-order valence-corrected chi connectivity index (χ4v) is 4.92. The zero-order valence-electron chi connectivity index (χ0n) is 16.8. The maximum atomic E-state index is 13.7. The molecule has 5 rings (SSSR count). The van der Waals surface area contributed by atoms with E-state index in [1.807, 2.05) is 13.0 Å². The molecule has 0 saturated heterocycles. The smallest absolute Gasteiger partial charge is 0.228 e. The second kappa shape index (κ2) is 7.58. The summed E-state index contributed by atoms with van der Waals surface area (Å²) < 4.78 is 19.9. The SMILES string of the molecule is CC(C(=O)Nc1cnc(C#N)cn1)C1C2CC(Oc3ccnc4ccc(F)cc34)CC21. The van der Waals surface area contributed by atoms with Crippen LogP contribution in [-0.2, 0) is 4.79 Å².